The fraction of sp³-hybridized carbons (Fsp3) is 0.667. The highest BCUT2D eigenvalue weighted by atomic mass is 15.4. The lowest BCUT2D eigenvalue weighted by Gasteiger charge is -2.15. The van der Waals surface area contributed by atoms with Crippen LogP contribution in [-0.4, -0.2) is 27.6 Å². The Bertz CT molecular complexity index is 269. The van der Waals surface area contributed by atoms with Gasteiger partial charge in [-0.25, -0.2) is 0 Å². The van der Waals surface area contributed by atoms with Gasteiger partial charge in [-0.3, -0.25) is 4.68 Å². The van der Waals surface area contributed by atoms with Gasteiger partial charge in [0.05, 0.1) is 6.20 Å². The molecular weight excluding hydrogens is 200 g/mol. The molecule has 0 aromatic carbocycles. The summed E-state index contributed by atoms with van der Waals surface area (Å²) in [6.07, 6.45) is 10.1. The van der Waals surface area contributed by atoms with E-state index in [1.165, 1.54) is 12.8 Å². The Labute approximate surface area is 97.7 Å². The minimum absolute atomic E-state index is 0.619. The van der Waals surface area contributed by atoms with Crippen LogP contribution in [0, 0.1) is 0 Å². The zero-order chi connectivity index (χ0) is 11.6. The van der Waals surface area contributed by atoms with Crippen molar-refractivity contribution in [3.05, 3.63) is 25.0 Å². The fourth-order valence-corrected chi connectivity index (χ4v) is 1.67. The van der Waals surface area contributed by atoms with Crippen LogP contribution in [0.5, 0.6) is 0 Å². The first-order valence-electron chi connectivity index (χ1n) is 6.05. The highest BCUT2D eigenvalue weighted by molar-refractivity contribution is 4.73. The molecule has 90 valence electrons. The molecule has 16 heavy (non-hydrogen) atoms. The van der Waals surface area contributed by atoms with Gasteiger partial charge in [0.1, 0.15) is 0 Å². The SMILES string of the molecule is C=CCCC(CC)NCCCn1ccnn1. The lowest BCUT2D eigenvalue weighted by Crippen LogP contribution is -2.29. The van der Waals surface area contributed by atoms with Gasteiger partial charge in [-0.2, -0.15) is 0 Å². The summed E-state index contributed by atoms with van der Waals surface area (Å²) >= 11 is 0. The van der Waals surface area contributed by atoms with Crippen molar-refractivity contribution in [3.63, 3.8) is 0 Å². The standard InChI is InChI=1S/C12H22N4/c1-3-5-7-12(4-2)13-8-6-10-16-11-9-14-15-16/h3,9,11-13H,1,4-8,10H2,2H3. The number of rotatable bonds is 9. The van der Waals surface area contributed by atoms with E-state index in [-0.39, 0.29) is 0 Å². The van der Waals surface area contributed by atoms with Crippen LogP contribution in [0.25, 0.3) is 0 Å². The molecule has 4 nitrogen and oxygen atoms in total. The molecule has 1 aromatic rings. The Hall–Kier alpha value is -1.16. The van der Waals surface area contributed by atoms with Crippen LogP contribution in [0.2, 0.25) is 0 Å². The highest BCUT2D eigenvalue weighted by Crippen LogP contribution is 2.02. The molecule has 0 spiro atoms. The Morgan fingerprint density at radius 2 is 2.44 bits per heavy atom. The Balaban J connectivity index is 2.06. The van der Waals surface area contributed by atoms with Crippen molar-refractivity contribution < 1.29 is 0 Å². The summed E-state index contributed by atoms with van der Waals surface area (Å²) in [6.45, 7) is 7.94. The molecular formula is C12H22N4. The van der Waals surface area contributed by atoms with Crippen LogP contribution in [-0.2, 0) is 6.54 Å². The second kappa shape index (κ2) is 8.05. The molecule has 1 heterocycles. The van der Waals surface area contributed by atoms with Crippen LogP contribution in [0.1, 0.15) is 32.6 Å². The topological polar surface area (TPSA) is 42.7 Å². The van der Waals surface area contributed by atoms with Crippen molar-refractivity contribution in [1.29, 1.82) is 0 Å². The summed E-state index contributed by atoms with van der Waals surface area (Å²) in [5.74, 6) is 0. The quantitative estimate of drug-likeness (QED) is 0.513. The van der Waals surface area contributed by atoms with Gasteiger partial charge in [0.2, 0.25) is 0 Å². The van der Waals surface area contributed by atoms with E-state index in [4.69, 9.17) is 0 Å². The first kappa shape index (κ1) is 12.9. The third-order valence-corrected chi connectivity index (χ3v) is 2.68. The third kappa shape index (κ3) is 5.07. The molecule has 1 unspecified atom stereocenters. The number of aryl methyl sites for hydroxylation is 1. The molecule has 1 N–H and O–H groups in total. The van der Waals surface area contributed by atoms with Crippen LogP contribution in [0.15, 0.2) is 25.0 Å². The first-order valence-corrected chi connectivity index (χ1v) is 6.05. The zero-order valence-electron chi connectivity index (χ0n) is 10.1. The summed E-state index contributed by atoms with van der Waals surface area (Å²) in [6, 6.07) is 0.619. The first-order chi connectivity index (χ1) is 7.86. The highest BCUT2D eigenvalue weighted by Gasteiger charge is 2.03. The van der Waals surface area contributed by atoms with Gasteiger partial charge in [-0.1, -0.05) is 18.2 Å². The zero-order valence-corrected chi connectivity index (χ0v) is 10.1. The predicted molar refractivity (Wildman–Crippen MR) is 66.2 cm³/mol. The van der Waals surface area contributed by atoms with E-state index in [0.29, 0.717) is 6.04 Å². The van der Waals surface area contributed by atoms with E-state index in [1.807, 2.05) is 17.0 Å². The van der Waals surface area contributed by atoms with Gasteiger partial charge in [0.15, 0.2) is 0 Å². The summed E-state index contributed by atoms with van der Waals surface area (Å²) in [5.41, 5.74) is 0. The molecule has 1 atom stereocenters. The van der Waals surface area contributed by atoms with Crippen molar-refractivity contribution in [2.75, 3.05) is 6.54 Å². The second-order valence-electron chi connectivity index (χ2n) is 3.95. The normalized spacial score (nSPS) is 12.6. The lowest BCUT2D eigenvalue weighted by molar-refractivity contribution is 0.446. The van der Waals surface area contributed by atoms with Crippen molar-refractivity contribution in [2.45, 2.75) is 45.2 Å². The monoisotopic (exact) mass is 222 g/mol. The number of aromatic nitrogens is 3. The van der Waals surface area contributed by atoms with Gasteiger partial charge in [0, 0.05) is 18.8 Å². The summed E-state index contributed by atoms with van der Waals surface area (Å²) in [4.78, 5) is 0. The lowest BCUT2D eigenvalue weighted by atomic mass is 10.1. The average molecular weight is 222 g/mol. The largest absolute Gasteiger partial charge is 0.314 e. The van der Waals surface area contributed by atoms with Crippen LogP contribution in [0.3, 0.4) is 0 Å². The van der Waals surface area contributed by atoms with Crippen molar-refractivity contribution in [1.82, 2.24) is 20.3 Å². The molecule has 0 aliphatic carbocycles. The van der Waals surface area contributed by atoms with Gasteiger partial charge < -0.3 is 5.32 Å². The van der Waals surface area contributed by atoms with Crippen molar-refractivity contribution in [3.8, 4) is 0 Å². The maximum Gasteiger partial charge on any atom is 0.0692 e. The molecule has 0 bridgehead atoms. The van der Waals surface area contributed by atoms with E-state index < -0.39 is 0 Å². The van der Waals surface area contributed by atoms with Crippen LogP contribution in [0.4, 0.5) is 0 Å². The Morgan fingerprint density at radius 3 is 3.06 bits per heavy atom. The molecule has 0 fully saturated rings. The van der Waals surface area contributed by atoms with E-state index >= 15 is 0 Å². The Kier molecular flexibility index (Phi) is 6.49. The van der Waals surface area contributed by atoms with Gasteiger partial charge >= 0.3 is 0 Å². The van der Waals surface area contributed by atoms with E-state index in [0.717, 1.165) is 25.9 Å². The summed E-state index contributed by atoms with van der Waals surface area (Å²) in [5, 5.41) is 11.3. The van der Waals surface area contributed by atoms with E-state index in [9.17, 15) is 0 Å². The van der Waals surface area contributed by atoms with Gasteiger partial charge in [-0.15, -0.1) is 11.7 Å². The minimum Gasteiger partial charge on any atom is -0.314 e. The minimum atomic E-state index is 0.619. The molecule has 0 radical (unpaired) electrons. The molecule has 0 saturated carbocycles. The van der Waals surface area contributed by atoms with E-state index in [1.54, 1.807) is 6.20 Å². The fourth-order valence-electron chi connectivity index (χ4n) is 1.67. The van der Waals surface area contributed by atoms with Crippen molar-refractivity contribution in [2.24, 2.45) is 0 Å². The number of hydrogen-bond acceptors (Lipinski definition) is 3. The molecule has 0 aliphatic heterocycles. The Morgan fingerprint density at radius 1 is 1.56 bits per heavy atom. The average Bonchev–Trinajstić information content (AvgIpc) is 2.81. The molecule has 1 aromatic heterocycles. The molecule has 4 heteroatoms. The van der Waals surface area contributed by atoms with E-state index in [2.05, 4.69) is 29.1 Å². The number of nitrogens with one attached hydrogen (secondary N) is 1. The third-order valence-electron chi connectivity index (χ3n) is 2.68. The number of allylic oxidation sites excluding steroid dienone is 1. The maximum atomic E-state index is 3.93. The van der Waals surface area contributed by atoms with Crippen LogP contribution >= 0.6 is 0 Å². The molecule has 0 aliphatic rings. The number of nitrogens with zero attached hydrogens (tertiary/aromatic N) is 3. The summed E-state index contributed by atoms with van der Waals surface area (Å²) in [7, 11) is 0. The van der Waals surface area contributed by atoms with Gasteiger partial charge in [0.25, 0.3) is 0 Å². The van der Waals surface area contributed by atoms with Crippen LogP contribution < -0.4 is 5.32 Å². The molecule has 1 rings (SSSR count). The number of hydrogen-bond donors (Lipinski definition) is 1. The van der Waals surface area contributed by atoms with Gasteiger partial charge in [-0.05, 0) is 32.2 Å². The van der Waals surface area contributed by atoms with Crippen molar-refractivity contribution >= 4 is 0 Å². The maximum absolute atomic E-state index is 3.93. The summed E-state index contributed by atoms with van der Waals surface area (Å²) < 4.78 is 1.87. The molecule has 0 saturated heterocycles. The predicted octanol–water partition coefficient (Wildman–Crippen LogP) is 2.00. The second-order valence-corrected chi connectivity index (χ2v) is 3.95. The molecule has 0 amide bonds. The smallest absolute Gasteiger partial charge is 0.0692 e.